The molecule has 1 aliphatic rings. The van der Waals surface area contributed by atoms with Gasteiger partial charge in [0.15, 0.2) is 0 Å². The molecule has 22 heavy (non-hydrogen) atoms. The average molecular weight is 371 g/mol. The first-order chi connectivity index (χ1) is 10.5. The van der Waals surface area contributed by atoms with E-state index >= 15 is 0 Å². The molecule has 2 rings (SSSR count). The predicted molar refractivity (Wildman–Crippen MR) is 85.1 cm³/mol. The third-order valence-electron chi connectivity index (χ3n) is 3.41. The first-order valence-electron chi connectivity index (χ1n) is 6.97. The van der Waals surface area contributed by atoms with Crippen molar-refractivity contribution in [1.82, 2.24) is 10.2 Å². The standard InChI is InChI=1S/C15H19BrN2O4/c1-18-3-4-22-13(9-18)8-17-14(19)10-5-11(15(20)21-2)7-12(16)6-10/h5-7,13H,3-4,8-9H2,1-2H3,(H,17,19)/t13-/m1/s1. The lowest BCUT2D eigenvalue weighted by Gasteiger charge is -2.30. The molecule has 0 aliphatic carbocycles. The van der Waals surface area contributed by atoms with Crippen molar-refractivity contribution in [2.75, 3.05) is 40.4 Å². The molecular formula is C15H19BrN2O4. The molecule has 1 aliphatic heterocycles. The lowest BCUT2D eigenvalue weighted by atomic mass is 10.1. The maximum atomic E-state index is 12.2. The number of hydrogen-bond acceptors (Lipinski definition) is 5. The number of rotatable bonds is 4. The molecule has 0 radical (unpaired) electrons. The summed E-state index contributed by atoms with van der Waals surface area (Å²) in [6, 6.07) is 4.79. The molecule has 6 nitrogen and oxygen atoms in total. The second kappa shape index (κ2) is 7.71. The van der Waals surface area contributed by atoms with E-state index in [-0.39, 0.29) is 12.0 Å². The van der Waals surface area contributed by atoms with Gasteiger partial charge in [-0.25, -0.2) is 4.79 Å². The Kier molecular flexibility index (Phi) is 5.93. The summed E-state index contributed by atoms with van der Waals surface area (Å²) in [6.45, 7) is 2.79. The molecule has 1 saturated heterocycles. The van der Waals surface area contributed by atoms with Gasteiger partial charge in [0.25, 0.3) is 5.91 Å². The molecule has 1 heterocycles. The number of esters is 1. The summed E-state index contributed by atoms with van der Waals surface area (Å²) in [5, 5.41) is 2.84. The number of methoxy groups -OCH3 is 1. The van der Waals surface area contributed by atoms with Crippen LogP contribution in [-0.4, -0.2) is 63.3 Å². The number of morpholine rings is 1. The van der Waals surface area contributed by atoms with E-state index in [0.717, 1.165) is 13.1 Å². The zero-order valence-corrected chi connectivity index (χ0v) is 14.2. The monoisotopic (exact) mass is 370 g/mol. The number of nitrogens with one attached hydrogen (secondary N) is 1. The van der Waals surface area contributed by atoms with Crippen molar-refractivity contribution in [1.29, 1.82) is 0 Å². The Balaban J connectivity index is 2.00. The highest BCUT2D eigenvalue weighted by molar-refractivity contribution is 9.10. The Morgan fingerprint density at radius 3 is 2.82 bits per heavy atom. The van der Waals surface area contributed by atoms with Gasteiger partial charge in [-0.15, -0.1) is 0 Å². The molecule has 1 N–H and O–H groups in total. The number of likely N-dealkylation sites (N-methyl/N-ethyl adjacent to an activating group) is 1. The molecule has 0 saturated carbocycles. The van der Waals surface area contributed by atoms with Crippen LogP contribution >= 0.6 is 15.9 Å². The predicted octanol–water partition coefficient (Wildman–Crippen LogP) is 1.30. The Morgan fingerprint density at radius 1 is 1.41 bits per heavy atom. The van der Waals surface area contributed by atoms with Crippen LogP contribution in [0.2, 0.25) is 0 Å². The molecule has 1 aromatic carbocycles. The van der Waals surface area contributed by atoms with E-state index in [0.29, 0.717) is 28.8 Å². The zero-order valence-electron chi connectivity index (χ0n) is 12.6. The molecule has 0 bridgehead atoms. The quantitative estimate of drug-likeness (QED) is 0.809. The van der Waals surface area contributed by atoms with Crippen LogP contribution in [0.4, 0.5) is 0 Å². The number of hydrogen-bond donors (Lipinski definition) is 1. The number of nitrogens with zero attached hydrogens (tertiary/aromatic N) is 1. The van der Waals surface area contributed by atoms with Gasteiger partial charge in [0, 0.05) is 29.7 Å². The van der Waals surface area contributed by atoms with Crippen molar-refractivity contribution in [3.8, 4) is 0 Å². The highest BCUT2D eigenvalue weighted by Crippen LogP contribution is 2.17. The zero-order chi connectivity index (χ0) is 16.1. The van der Waals surface area contributed by atoms with Crippen molar-refractivity contribution >= 4 is 27.8 Å². The topological polar surface area (TPSA) is 67.9 Å². The first-order valence-corrected chi connectivity index (χ1v) is 7.76. The fourth-order valence-electron chi connectivity index (χ4n) is 2.26. The van der Waals surface area contributed by atoms with Gasteiger partial charge in [0.05, 0.1) is 25.4 Å². The minimum absolute atomic E-state index is 0.0186. The van der Waals surface area contributed by atoms with E-state index in [4.69, 9.17) is 4.74 Å². The van der Waals surface area contributed by atoms with Gasteiger partial charge >= 0.3 is 5.97 Å². The molecule has 120 valence electrons. The highest BCUT2D eigenvalue weighted by Gasteiger charge is 2.19. The highest BCUT2D eigenvalue weighted by atomic mass is 79.9. The molecule has 0 aromatic heterocycles. The molecule has 0 unspecified atom stereocenters. The molecule has 7 heteroatoms. The van der Waals surface area contributed by atoms with Crippen molar-refractivity contribution in [2.45, 2.75) is 6.10 Å². The number of carbonyl (C=O) groups excluding carboxylic acids is 2. The molecule has 1 aromatic rings. The minimum Gasteiger partial charge on any atom is -0.465 e. The lowest BCUT2D eigenvalue weighted by molar-refractivity contribution is -0.0175. The van der Waals surface area contributed by atoms with Crippen LogP contribution in [0.25, 0.3) is 0 Å². The first kappa shape index (κ1) is 16.9. The maximum absolute atomic E-state index is 12.2. The average Bonchev–Trinajstić information content (AvgIpc) is 2.51. The summed E-state index contributed by atoms with van der Waals surface area (Å²) in [6.07, 6.45) is -0.0186. The van der Waals surface area contributed by atoms with Crippen LogP contribution in [0.3, 0.4) is 0 Å². The summed E-state index contributed by atoms with van der Waals surface area (Å²) in [4.78, 5) is 26.0. The number of halogens is 1. The summed E-state index contributed by atoms with van der Waals surface area (Å²) in [5.41, 5.74) is 0.731. The second-order valence-corrected chi connectivity index (χ2v) is 6.10. The van der Waals surface area contributed by atoms with E-state index in [1.165, 1.54) is 13.2 Å². The molecule has 0 spiro atoms. The van der Waals surface area contributed by atoms with Crippen molar-refractivity contribution in [2.24, 2.45) is 0 Å². The van der Waals surface area contributed by atoms with Gasteiger partial charge in [-0.1, -0.05) is 15.9 Å². The smallest absolute Gasteiger partial charge is 0.337 e. The third-order valence-corrected chi connectivity index (χ3v) is 3.87. The number of amides is 1. The van der Waals surface area contributed by atoms with Crippen LogP contribution in [0.5, 0.6) is 0 Å². The van der Waals surface area contributed by atoms with Gasteiger partial charge in [-0.3, -0.25) is 4.79 Å². The largest absolute Gasteiger partial charge is 0.465 e. The summed E-state index contributed by atoms with van der Waals surface area (Å²) in [5.74, 6) is -0.726. The van der Waals surface area contributed by atoms with Gasteiger partial charge in [-0.2, -0.15) is 0 Å². The van der Waals surface area contributed by atoms with Crippen LogP contribution in [0.1, 0.15) is 20.7 Å². The molecule has 1 fully saturated rings. The Hall–Kier alpha value is -1.44. The Bertz CT molecular complexity index is 564. The number of benzene rings is 1. The molecule has 1 amide bonds. The summed E-state index contributed by atoms with van der Waals surface area (Å²) < 4.78 is 10.9. The Labute approximate surface area is 137 Å². The van der Waals surface area contributed by atoms with Crippen LogP contribution in [0, 0.1) is 0 Å². The minimum atomic E-state index is -0.479. The number of carbonyl (C=O) groups is 2. The van der Waals surface area contributed by atoms with E-state index in [1.807, 2.05) is 7.05 Å². The lowest BCUT2D eigenvalue weighted by Crippen LogP contribution is -2.45. The fourth-order valence-corrected chi connectivity index (χ4v) is 2.75. The van der Waals surface area contributed by atoms with Gasteiger partial charge in [0.1, 0.15) is 0 Å². The van der Waals surface area contributed by atoms with Crippen LogP contribution in [0.15, 0.2) is 22.7 Å². The van der Waals surface area contributed by atoms with Crippen LogP contribution < -0.4 is 5.32 Å². The van der Waals surface area contributed by atoms with Gasteiger partial charge in [0.2, 0.25) is 0 Å². The normalized spacial score (nSPS) is 18.8. The SMILES string of the molecule is COC(=O)c1cc(Br)cc(C(=O)NC[C@@H]2CN(C)CCO2)c1. The summed E-state index contributed by atoms with van der Waals surface area (Å²) in [7, 11) is 3.33. The van der Waals surface area contributed by atoms with E-state index < -0.39 is 5.97 Å². The van der Waals surface area contributed by atoms with Gasteiger partial charge in [-0.05, 0) is 25.2 Å². The fraction of sp³-hybridized carbons (Fsp3) is 0.467. The van der Waals surface area contributed by atoms with E-state index in [2.05, 4.69) is 30.9 Å². The van der Waals surface area contributed by atoms with Crippen molar-refractivity contribution in [3.63, 3.8) is 0 Å². The molecule has 1 atom stereocenters. The third kappa shape index (κ3) is 4.53. The maximum Gasteiger partial charge on any atom is 0.337 e. The van der Waals surface area contributed by atoms with Gasteiger partial charge < -0.3 is 19.7 Å². The number of ether oxygens (including phenoxy) is 2. The van der Waals surface area contributed by atoms with Crippen molar-refractivity contribution in [3.05, 3.63) is 33.8 Å². The van der Waals surface area contributed by atoms with E-state index in [9.17, 15) is 9.59 Å². The van der Waals surface area contributed by atoms with E-state index in [1.54, 1.807) is 12.1 Å². The van der Waals surface area contributed by atoms with Crippen LogP contribution in [-0.2, 0) is 9.47 Å². The Morgan fingerprint density at radius 2 is 2.14 bits per heavy atom. The second-order valence-electron chi connectivity index (χ2n) is 5.19. The van der Waals surface area contributed by atoms with Crippen molar-refractivity contribution < 1.29 is 19.1 Å². The summed E-state index contributed by atoms with van der Waals surface area (Å²) >= 11 is 3.30. The molecular weight excluding hydrogens is 352 g/mol.